The van der Waals surface area contributed by atoms with E-state index in [0.29, 0.717) is 0 Å². The summed E-state index contributed by atoms with van der Waals surface area (Å²) in [6.45, 7) is 7.14. The minimum absolute atomic E-state index is 0.984. The Balaban J connectivity index is 2.04. The van der Waals surface area contributed by atoms with Gasteiger partial charge in [0.2, 0.25) is 0 Å². The second-order valence-corrected chi connectivity index (χ2v) is 4.80. The number of unbranched alkanes of at least 4 members (excludes halogenated alkanes) is 1. The van der Waals surface area contributed by atoms with E-state index in [1.54, 1.807) is 0 Å². The van der Waals surface area contributed by atoms with Gasteiger partial charge in [-0.25, -0.2) is 0 Å². The van der Waals surface area contributed by atoms with Crippen LogP contribution < -0.4 is 0 Å². The van der Waals surface area contributed by atoms with Crippen LogP contribution in [0.15, 0.2) is 0 Å². The maximum atomic E-state index is 2.43. The molecule has 3 atom stereocenters. The normalized spacial score (nSPS) is 31.2. The Bertz CT molecular complexity index is 117. The van der Waals surface area contributed by atoms with Crippen LogP contribution in [0.4, 0.5) is 0 Å². The second kappa shape index (κ2) is 4.89. The Morgan fingerprint density at radius 3 is 2.50 bits per heavy atom. The van der Waals surface area contributed by atoms with Crippen LogP contribution in [-0.4, -0.2) is 0 Å². The largest absolute Gasteiger partial charge is 0.0654 e. The molecule has 3 unspecified atom stereocenters. The fourth-order valence-electron chi connectivity index (χ4n) is 2.27. The molecule has 0 amide bonds. The van der Waals surface area contributed by atoms with Crippen molar-refractivity contribution < 1.29 is 0 Å². The van der Waals surface area contributed by atoms with Gasteiger partial charge in [0.15, 0.2) is 0 Å². The van der Waals surface area contributed by atoms with E-state index in [2.05, 4.69) is 20.8 Å². The Morgan fingerprint density at radius 1 is 1.33 bits per heavy atom. The molecular weight excluding hydrogens is 144 g/mol. The highest BCUT2D eigenvalue weighted by molar-refractivity contribution is 4.78. The molecule has 1 fully saturated rings. The van der Waals surface area contributed by atoms with Gasteiger partial charge in [0, 0.05) is 0 Å². The molecule has 1 aliphatic rings. The quantitative estimate of drug-likeness (QED) is 0.575. The molecule has 0 nitrogen and oxygen atoms in total. The van der Waals surface area contributed by atoms with Crippen LogP contribution in [0.25, 0.3) is 0 Å². The van der Waals surface area contributed by atoms with Gasteiger partial charge >= 0.3 is 0 Å². The first kappa shape index (κ1) is 10.1. The van der Waals surface area contributed by atoms with Gasteiger partial charge in [0.1, 0.15) is 0 Å². The monoisotopic (exact) mass is 168 g/mol. The summed E-state index contributed by atoms with van der Waals surface area (Å²) in [6.07, 6.45) is 8.76. The van der Waals surface area contributed by atoms with Crippen LogP contribution >= 0.6 is 0 Å². The van der Waals surface area contributed by atoms with Crippen LogP contribution in [0.2, 0.25) is 0 Å². The van der Waals surface area contributed by atoms with E-state index < -0.39 is 0 Å². The van der Waals surface area contributed by atoms with E-state index in [-0.39, 0.29) is 0 Å². The molecule has 1 rings (SSSR count). The van der Waals surface area contributed by atoms with E-state index in [9.17, 15) is 0 Å². The lowest BCUT2D eigenvalue weighted by Crippen LogP contribution is -2.24. The molecule has 0 aliphatic heterocycles. The molecule has 0 aromatic carbocycles. The van der Waals surface area contributed by atoms with Crippen molar-refractivity contribution in [3.05, 3.63) is 0 Å². The third-order valence-electron chi connectivity index (χ3n) is 3.55. The molecule has 1 saturated carbocycles. The van der Waals surface area contributed by atoms with Crippen molar-refractivity contribution in [2.24, 2.45) is 17.8 Å². The van der Waals surface area contributed by atoms with Gasteiger partial charge < -0.3 is 0 Å². The molecule has 0 bridgehead atoms. The van der Waals surface area contributed by atoms with Crippen LogP contribution in [-0.2, 0) is 0 Å². The lowest BCUT2D eigenvalue weighted by Gasteiger charge is -2.35. The van der Waals surface area contributed by atoms with Crippen LogP contribution in [0.5, 0.6) is 0 Å². The van der Waals surface area contributed by atoms with Crippen molar-refractivity contribution in [1.29, 1.82) is 0 Å². The van der Waals surface area contributed by atoms with Gasteiger partial charge in [-0.15, -0.1) is 0 Å². The summed E-state index contributed by atoms with van der Waals surface area (Å²) >= 11 is 0. The maximum absolute atomic E-state index is 2.43. The van der Waals surface area contributed by atoms with Crippen molar-refractivity contribution >= 4 is 0 Å². The average molecular weight is 168 g/mol. The molecule has 12 heavy (non-hydrogen) atoms. The lowest BCUT2D eigenvalue weighted by molar-refractivity contribution is 0.157. The third kappa shape index (κ3) is 2.80. The van der Waals surface area contributed by atoms with Crippen molar-refractivity contribution in [2.75, 3.05) is 0 Å². The Labute approximate surface area is 77.7 Å². The molecule has 72 valence electrons. The van der Waals surface area contributed by atoms with E-state index in [0.717, 1.165) is 17.8 Å². The standard InChI is InChI=1S/C12H24/c1-4-5-6-10(2)9-12-8-7-11(12)3/h10-12H,4-9H2,1-3H3. The number of rotatable bonds is 5. The molecule has 0 aromatic heterocycles. The Morgan fingerprint density at radius 2 is 2.08 bits per heavy atom. The summed E-state index contributed by atoms with van der Waals surface area (Å²) in [5, 5.41) is 0. The fourth-order valence-corrected chi connectivity index (χ4v) is 2.27. The minimum Gasteiger partial charge on any atom is -0.0654 e. The molecule has 1 aliphatic carbocycles. The molecular formula is C12H24. The Hall–Kier alpha value is 0. The molecule has 0 saturated heterocycles. The van der Waals surface area contributed by atoms with Crippen molar-refractivity contribution in [2.45, 2.75) is 59.3 Å². The molecule has 0 radical (unpaired) electrons. The summed E-state index contributed by atoms with van der Waals surface area (Å²) in [6, 6.07) is 0. The van der Waals surface area contributed by atoms with E-state index in [1.807, 2.05) is 0 Å². The van der Waals surface area contributed by atoms with E-state index in [4.69, 9.17) is 0 Å². The predicted molar refractivity (Wildman–Crippen MR) is 55.2 cm³/mol. The first-order chi connectivity index (χ1) is 5.74. The second-order valence-electron chi connectivity index (χ2n) is 4.80. The topological polar surface area (TPSA) is 0 Å². The van der Waals surface area contributed by atoms with Crippen LogP contribution in [0.1, 0.15) is 59.3 Å². The fraction of sp³-hybridized carbons (Fsp3) is 1.00. The first-order valence-electron chi connectivity index (χ1n) is 5.74. The SMILES string of the molecule is CCCCC(C)CC1CCC1C. The van der Waals surface area contributed by atoms with Crippen molar-refractivity contribution in [1.82, 2.24) is 0 Å². The van der Waals surface area contributed by atoms with Gasteiger partial charge in [-0.05, 0) is 30.6 Å². The molecule has 0 heteroatoms. The average Bonchev–Trinajstić information content (AvgIpc) is 2.08. The van der Waals surface area contributed by atoms with Crippen molar-refractivity contribution in [3.8, 4) is 0 Å². The summed E-state index contributed by atoms with van der Waals surface area (Å²) < 4.78 is 0. The van der Waals surface area contributed by atoms with Gasteiger partial charge in [-0.3, -0.25) is 0 Å². The van der Waals surface area contributed by atoms with Gasteiger partial charge in [-0.1, -0.05) is 46.5 Å². The zero-order chi connectivity index (χ0) is 8.97. The zero-order valence-electron chi connectivity index (χ0n) is 8.97. The predicted octanol–water partition coefficient (Wildman–Crippen LogP) is 4.25. The smallest absolute Gasteiger partial charge is 0.0386 e. The van der Waals surface area contributed by atoms with Crippen LogP contribution in [0, 0.1) is 17.8 Å². The van der Waals surface area contributed by atoms with E-state index >= 15 is 0 Å². The third-order valence-corrected chi connectivity index (χ3v) is 3.55. The van der Waals surface area contributed by atoms with Crippen LogP contribution in [0.3, 0.4) is 0 Å². The summed E-state index contributed by atoms with van der Waals surface area (Å²) in [7, 11) is 0. The molecule has 0 N–H and O–H groups in total. The summed E-state index contributed by atoms with van der Waals surface area (Å²) in [4.78, 5) is 0. The zero-order valence-corrected chi connectivity index (χ0v) is 8.97. The maximum Gasteiger partial charge on any atom is -0.0386 e. The van der Waals surface area contributed by atoms with Gasteiger partial charge in [0.05, 0.1) is 0 Å². The number of hydrogen-bond acceptors (Lipinski definition) is 0. The highest BCUT2D eigenvalue weighted by Crippen LogP contribution is 2.38. The highest BCUT2D eigenvalue weighted by atomic mass is 14.3. The van der Waals surface area contributed by atoms with Crippen molar-refractivity contribution in [3.63, 3.8) is 0 Å². The lowest BCUT2D eigenvalue weighted by atomic mass is 9.70. The van der Waals surface area contributed by atoms with Gasteiger partial charge in [-0.2, -0.15) is 0 Å². The summed E-state index contributed by atoms with van der Waals surface area (Å²) in [5.74, 6) is 3.10. The summed E-state index contributed by atoms with van der Waals surface area (Å²) in [5.41, 5.74) is 0. The molecule has 0 spiro atoms. The first-order valence-corrected chi connectivity index (χ1v) is 5.74. The molecule has 0 heterocycles. The molecule has 0 aromatic rings. The number of hydrogen-bond donors (Lipinski definition) is 0. The Kier molecular flexibility index (Phi) is 4.11. The minimum atomic E-state index is 0.984. The van der Waals surface area contributed by atoms with E-state index in [1.165, 1.54) is 38.5 Å². The van der Waals surface area contributed by atoms with Gasteiger partial charge in [0.25, 0.3) is 0 Å². The highest BCUT2D eigenvalue weighted by Gasteiger charge is 2.27.